The van der Waals surface area contributed by atoms with Crippen molar-refractivity contribution in [2.75, 3.05) is 5.73 Å². The van der Waals surface area contributed by atoms with Crippen LogP contribution in [0.1, 0.15) is 10.4 Å². The number of hydrogen-bond donors (Lipinski definition) is 2. The van der Waals surface area contributed by atoms with Gasteiger partial charge in [-0.05, 0) is 18.2 Å². The first-order valence-electron chi connectivity index (χ1n) is 4.37. The fourth-order valence-corrected chi connectivity index (χ4v) is 2.91. The highest BCUT2D eigenvalue weighted by atomic mass is 32.2. The van der Waals surface area contributed by atoms with Gasteiger partial charge >= 0.3 is 5.97 Å². The summed E-state index contributed by atoms with van der Waals surface area (Å²) in [5, 5.41) is 10.9. The first kappa shape index (κ1) is 11.0. The maximum Gasteiger partial charge on any atom is 0.336 e. The number of carboxylic acid groups (broad SMARTS) is 1. The highest BCUT2D eigenvalue weighted by Gasteiger charge is 2.12. The number of nitrogens with zero attached hydrogens (tertiary/aromatic N) is 1. The zero-order chi connectivity index (χ0) is 11.5. The van der Waals surface area contributed by atoms with E-state index in [0.717, 1.165) is 4.34 Å². The summed E-state index contributed by atoms with van der Waals surface area (Å²) in [7, 11) is 0. The number of nitrogen functional groups attached to an aromatic ring is 1. The lowest BCUT2D eigenvalue weighted by Gasteiger charge is -2.04. The molecule has 0 unspecified atom stereocenters. The zero-order valence-corrected chi connectivity index (χ0v) is 9.72. The zero-order valence-electron chi connectivity index (χ0n) is 8.08. The molecule has 6 heteroatoms. The summed E-state index contributed by atoms with van der Waals surface area (Å²) < 4.78 is 0.799. The third kappa shape index (κ3) is 2.34. The van der Waals surface area contributed by atoms with Gasteiger partial charge in [-0.15, -0.1) is 11.3 Å². The molecular weight excluding hydrogens is 244 g/mol. The van der Waals surface area contributed by atoms with Crippen molar-refractivity contribution in [3.8, 4) is 0 Å². The molecule has 0 bridgehead atoms. The van der Waals surface area contributed by atoms with E-state index >= 15 is 0 Å². The van der Waals surface area contributed by atoms with E-state index in [1.165, 1.54) is 29.2 Å². The fraction of sp³-hybridized carbons (Fsp3) is 0. The Hall–Kier alpha value is -1.53. The fourth-order valence-electron chi connectivity index (χ4n) is 1.15. The molecule has 3 N–H and O–H groups in total. The molecule has 1 aromatic heterocycles. The van der Waals surface area contributed by atoms with Crippen molar-refractivity contribution in [1.29, 1.82) is 0 Å². The van der Waals surface area contributed by atoms with Crippen molar-refractivity contribution in [3.05, 3.63) is 35.3 Å². The van der Waals surface area contributed by atoms with Crippen LogP contribution in [0.2, 0.25) is 0 Å². The van der Waals surface area contributed by atoms with Gasteiger partial charge in [-0.2, -0.15) is 0 Å². The number of thiazole rings is 1. The molecule has 0 aliphatic heterocycles. The lowest BCUT2D eigenvalue weighted by molar-refractivity contribution is 0.0693. The number of aromatic carboxylic acids is 1. The van der Waals surface area contributed by atoms with Crippen molar-refractivity contribution < 1.29 is 9.90 Å². The summed E-state index contributed by atoms with van der Waals surface area (Å²) in [6.45, 7) is 0. The van der Waals surface area contributed by atoms with Crippen molar-refractivity contribution in [3.63, 3.8) is 0 Å². The lowest BCUT2D eigenvalue weighted by Crippen LogP contribution is -1.99. The summed E-state index contributed by atoms with van der Waals surface area (Å²) in [6, 6.07) is 4.73. The molecule has 4 nitrogen and oxygen atoms in total. The number of nitrogens with two attached hydrogens (primary N) is 1. The van der Waals surface area contributed by atoms with Crippen molar-refractivity contribution >= 4 is 34.8 Å². The maximum absolute atomic E-state index is 11.0. The average molecular weight is 252 g/mol. The van der Waals surface area contributed by atoms with Crippen LogP contribution >= 0.6 is 23.1 Å². The van der Waals surface area contributed by atoms with Crippen LogP contribution in [-0.2, 0) is 0 Å². The standard InChI is InChI=1S/C10H8N2O2S2/c11-6-1-2-7(9(13)14)8(5-6)16-10-12-3-4-15-10/h1-5H,11H2,(H,13,14). The summed E-state index contributed by atoms with van der Waals surface area (Å²) in [6.07, 6.45) is 1.68. The minimum Gasteiger partial charge on any atom is -0.478 e. The summed E-state index contributed by atoms with van der Waals surface area (Å²) in [5.74, 6) is -0.959. The molecule has 0 fully saturated rings. The van der Waals surface area contributed by atoms with Gasteiger partial charge in [-0.3, -0.25) is 0 Å². The first-order chi connectivity index (χ1) is 7.66. The van der Waals surface area contributed by atoms with Gasteiger partial charge in [-0.25, -0.2) is 9.78 Å². The summed E-state index contributed by atoms with van der Waals surface area (Å²) >= 11 is 2.77. The Bertz CT molecular complexity index is 512. The van der Waals surface area contributed by atoms with E-state index in [2.05, 4.69) is 4.98 Å². The number of rotatable bonds is 3. The quantitative estimate of drug-likeness (QED) is 0.821. The molecule has 0 spiro atoms. The largest absolute Gasteiger partial charge is 0.478 e. The average Bonchev–Trinajstić information content (AvgIpc) is 2.70. The van der Waals surface area contributed by atoms with Crippen molar-refractivity contribution in [2.45, 2.75) is 9.24 Å². The van der Waals surface area contributed by atoms with Crippen LogP contribution in [0.25, 0.3) is 0 Å². The topological polar surface area (TPSA) is 76.2 Å². The summed E-state index contributed by atoms with van der Waals surface area (Å²) in [4.78, 5) is 15.7. The van der Waals surface area contributed by atoms with Gasteiger partial charge in [-0.1, -0.05) is 11.8 Å². The third-order valence-corrected chi connectivity index (χ3v) is 3.78. The van der Waals surface area contributed by atoms with Crippen LogP contribution in [0.15, 0.2) is 39.0 Å². The monoisotopic (exact) mass is 252 g/mol. The number of carboxylic acids is 1. The number of anilines is 1. The Balaban J connectivity index is 2.38. The minimum absolute atomic E-state index is 0.245. The van der Waals surface area contributed by atoms with E-state index in [4.69, 9.17) is 10.8 Å². The summed E-state index contributed by atoms with van der Waals surface area (Å²) in [5.41, 5.74) is 6.42. The number of hydrogen-bond acceptors (Lipinski definition) is 5. The number of carbonyl (C=O) groups is 1. The van der Waals surface area contributed by atoms with E-state index in [-0.39, 0.29) is 5.56 Å². The van der Waals surface area contributed by atoms with Crippen LogP contribution in [0.3, 0.4) is 0 Å². The van der Waals surface area contributed by atoms with Gasteiger partial charge in [0.2, 0.25) is 0 Å². The second-order valence-corrected chi connectivity index (χ2v) is 5.14. The Morgan fingerprint density at radius 2 is 2.31 bits per heavy atom. The first-order valence-corrected chi connectivity index (χ1v) is 6.06. The van der Waals surface area contributed by atoms with Crippen LogP contribution < -0.4 is 5.73 Å². The smallest absolute Gasteiger partial charge is 0.336 e. The molecule has 2 aromatic rings. The Morgan fingerprint density at radius 3 is 2.94 bits per heavy atom. The highest BCUT2D eigenvalue weighted by Crippen LogP contribution is 2.32. The van der Waals surface area contributed by atoms with Crippen LogP contribution in [0.4, 0.5) is 5.69 Å². The normalized spacial score (nSPS) is 10.2. The molecule has 2 rings (SSSR count). The highest BCUT2D eigenvalue weighted by molar-refractivity contribution is 8.01. The van der Waals surface area contributed by atoms with E-state index in [0.29, 0.717) is 10.6 Å². The third-order valence-electron chi connectivity index (χ3n) is 1.84. The number of benzene rings is 1. The maximum atomic E-state index is 11.0. The Kier molecular flexibility index (Phi) is 3.12. The number of aromatic nitrogens is 1. The Labute approximate surface area is 100 Å². The molecule has 0 aliphatic carbocycles. The van der Waals surface area contributed by atoms with Crippen LogP contribution in [-0.4, -0.2) is 16.1 Å². The Morgan fingerprint density at radius 1 is 1.50 bits per heavy atom. The lowest BCUT2D eigenvalue weighted by atomic mass is 10.2. The van der Waals surface area contributed by atoms with Gasteiger partial charge in [0.05, 0.1) is 5.56 Å². The van der Waals surface area contributed by atoms with Gasteiger partial charge in [0.15, 0.2) is 4.34 Å². The van der Waals surface area contributed by atoms with Crippen molar-refractivity contribution in [1.82, 2.24) is 4.98 Å². The molecule has 0 amide bonds. The molecule has 1 aromatic carbocycles. The molecule has 0 radical (unpaired) electrons. The second kappa shape index (κ2) is 4.54. The van der Waals surface area contributed by atoms with Crippen molar-refractivity contribution in [2.24, 2.45) is 0 Å². The second-order valence-electron chi connectivity index (χ2n) is 2.96. The predicted octanol–water partition coefficient (Wildman–Crippen LogP) is 2.57. The van der Waals surface area contributed by atoms with Crippen LogP contribution in [0.5, 0.6) is 0 Å². The molecule has 0 atom stereocenters. The van der Waals surface area contributed by atoms with Gasteiger partial charge in [0.1, 0.15) is 0 Å². The van der Waals surface area contributed by atoms with E-state index in [1.807, 2.05) is 5.38 Å². The molecule has 0 saturated heterocycles. The van der Waals surface area contributed by atoms with Gasteiger partial charge in [0.25, 0.3) is 0 Å². The van der Waals surface area contributed by atoms with E-state index in [9.17, 15) is 4.79 Å². The SMILES string of the molecule is Nc1ccc(C(=O)O)c(Sc2nccs2)c1. The molecule has 16 heavy (non-hydrogen) atoms. The van der Waals surface area contributed by atoms with Gasteiger partial charge < -0.3 is 10.8 Å². The molecular formula is C10H8N2O2S2. The molecule has 0 aliphatic rings. The van der Waals surface area contributed by atoms with Gasteiger partial charge in [0, 0.05) is 22.2 Å². The van der Waals surface area contributed by atoms with Crippen LogP contribution in [0, 0.1) is 0 Å². The van der Waals surface area contributed by atoms with E-state index < -0.39 is 5.97 Å². The molecule has 1 heterocycles. The predicted molar refractivity (Wildman–Crippen MR) is 64.1 cm³/mol. The minimum atomic E-state index is -0.959. The van der Waals surface area contributed by atoms with E-state index in [1.54, 1.807) is 18.3 Å². The molecule has 82 valence electrons. The molecule has 0 saturated carbocycles.